The first-order chi connectivity index (χ1) is 13.9. The minimum absolute atomic E-state index is 0.0703. The molecule has 0 saturated carbocycles. The van der Waals surface area contributed by atoms with E-state index in [1.807, 2.05) is 30.3 Å². The monoisotopic (exact) mass is 419 g/mol. The third kappa shape index (κ3) is 7.42. The van der Waals surface area contributed by atoms with Crippen molar-refractivity contribution in [3.8, 4) is 0 Å². The number of pyridine rings is 1. The molecule has 1 aromatic heterocycles. The highest BCUT2D eigenvalue weighted by atomic mass is 35.5. The second-order valence-corrected chi connectivity index (χ2v) is 6.78. The van der Waals surface area contributed by atoms with Crippen LogP contribution in [0.3, 0.4) is 0 Å². The molecule has 0 fully saturated rings. The predicted molar refractivity (Wildman–Crippen MR) is 107 cm³/mol. The molecular weight excluding hydrogens is 398 g/mol. The number of halogens is 1. The van der Waals surface area contributed by atoms with Crippen molar-refractivity contribution < 1.29 is 23.9 Å². The number of benzene rings is 1. The summed E-state index contributed by atoms with van der Waals surface area (Å²) in [5, 5.41) is 5.08. The molecular formula is C20H22ClN3O5. The van der Waals surface area contributed by atoms with Crippen LogP contribution in [0.4, 0.5) is 10.5 Å². The number of nitrogens with one attached hydrogen (secondary N) is 2. The molecule has 1 atom stereocenters. The van der Waals surface area contributed by atoms with Gasteiger partial charge in [-0.1, -0.05) is 55.8 Å². The fourth-order valence-corrected chi connectivity index (χ4v) is 2.45. The van der Waals surface area contributed by atoms with Gasteiger partial charge in [0.1, 0.15) is 12.6 Å². The van der Waals surface area contributed by atoms with Gasteiger partial charge in [0.25, 0.3) is 5.91 Å². The topological polar surface area (TPSA) is 107 Å². The van der Waals surface area contributed by atoms with Crippen LogP contribution in [-0.2, 0) is 25.7 Å². The van der Waals surface area contributed by atoms with Gasteiger partial charge in [-0.15, -0.1) is 0 Å². The van der Waals surface area contributed by atoms with Crippen LogP contribution in [0.2, 0.25) is 5.15 Å². The number of rotatable bonds is 8. The molecule has 0 saturated heterocycles. The van der Waals surface area contributed by atoms with E-state index < -0.39 is 30.6 Å². The average molecular weight is 420 g/mol. The van der Waals surface area contributed by atoms with Gasteiger partial charge in [-0.25, -0.2) is 14.6 Å². The van der Waals surface area contributed by atoms with Crippen LogP contribution in [0.15, 0.2) is 48.7 Å². The molecule has 1 heterocycles. The molecule has 0 radical (unpaired) electrons. The molecule has 2 amide bonds. The van der Waals surface area contributed by atoms with Gasteiger partial charge in [0.2, 0.25) is 0 Å². The minimum Gasteiger partial charge on any atom is -0.454 e. The molecule has 2 N–H and O–H groups in total. The quantitative estimate of drug-likeness (QED) is 0.502. The Hall–Kier alpha value is -3.13. The Bertz CT molecular complexity index is 845. The average Bonchev–Trinajstić information content (AvgIpc) is 2.71. The molecule has 0 unspecified atom stereocenters. The summed E-state index contributed by atoms with van der Waals surface area (Å²) in [6.45, 7) is 3.01. The second-order valence-electron chi connectivity index (χ2n) is 6.43. The van der Waals surface area contributed by atoms with Crippen molar-refractivity contribution in [1.29, 1.82) is 0 Å². The fourth-order valence-electron chi connectivity index (χ4n) is 2.28. The van der Waals surface area contributed by atoms with E-state index in [1.54, 1.807) is 26.0 Å². The van der Waals surface area contributed by atoms with Gasteiger partial charge in [-0.2, -0.15) is 0 Å². The first-order valence-corrected chi connectivity index (χ1v) is 9.29. The molecule has 1 aromatic carbocycles. The summed E-state index contributed by atoms with van der Waals surface area (Å²) in [7, 11) is 0. The summed E-state index contributed by atoms with van der Waals surface area (Å²) in [5.41, 5.74) is 1.12. The van der Waals surface area contributed by atoms with Crippen molar-refractivity contribution in [2.45, 2.75) is 26.5 Å². The number of hydrogen-bond donors (Lipinski definition) is 2. The number of amides is 2. The largest absolute Gasteiger partial charge is 0.454 e. The molecule has 0 aliphatic rings. The Labute approximate surface area is 173 Å². The number of ether oxygens (including phenoxy) is 2. The third-order valence-electron chi connectivity index (χ3n) is 3.79. The molecule has 8 nitrogen and oxygen atoms in total. The van der Waals surface area contributed by atoms with Crippen LogP contribution < -0.4 is 10.6 Å². The number of carbonyl (C=O) groups excluding carboxylic acids is 3. The molecule has 0 aliphatic heterocycles. The highest BCUT2D eigenvalue weighted by Gasteiger charge is 2.27. The normalized spacial score (nSPS) is 11.4. The molecule has 0 bridgehead atoms. The first kappa shape index (κ1) is 22.2. The van der Waals surface area contributed by atoms with Gasteiger partial charge in [0.05, 0.1) is 5.69 Å². The van der Waals surface area contributed by atoms with E-state index in [2.05, 4.69) is 15.6 Å². The maximum Gasteiger partial charge on any atom is 0.408 e. The van der Waals surface area contributed by atoms with Crippen molar-refractivity contribution in [3.05, 3.63) is 59.4 Å². The van der Waals surface area contributed by atoms with Crippen LogP contribution in [0, 0.1) is 5.92 Å². The Balaban J connectivity index is 1.82. The van der Waals surface area contributed by atoms with Gasteiger partial charge in [-0.05, 0) is 23.6 Å². The van der Waals surface area contributed by atoms with Crippen LogP contribution in [0.5, 0.6) is 0 Å². The number of carbonyl (C=O) groups is 3. The molecule has 2 aromatic rings. The van der Waals surface area contributed by atoms with Gasteiger partial charge >= 0.3 is 12.1 Å². The van der Waals surface area contributed by atoms with Crippen LogP contribution in [-0.4, -0.2) is 35.6 Å². The maximum absolute atomic E-state index is 12.3. The molecule has 29 heavy (non-hydrogen) atoms. The van der Waals surface area contributed by atoms with E-state index in [4.69, 9.17) is 21.1 Å². The zero-order valence-corrected chi connectivity index (χ0v) is 16.8. The Morgan fingerprint density at radius 1 is 1.07 bits per heavy atom. The Morgan fingerprint density at radius 3 is 2.45 bits per heavy atom. The van der Waals surface area contributed by atoms with E-state index >= 15 is 0 Å². The molecule has 0 aliphatic carbocycles. The van der Waals surface area contributed by atoms with Crippen LogP contribution >= 0.6 is 11.6 Å². The van der Waals surface area contributed by atoms with E-state index in [0.29, 0.717) is 5.69 Å². The number of anilines is 1. The zero-order chi connectivity index (χ0) is 21.2. The second kappa shape index (κ2) is 11.0. The number of aromatic nitrogens is 1. The lowest BCUT2D eigenvalue weighted by Gasteiger charge is -2.20. The van der Waals surface area contributed by atoms with Gasteiger partial charge < -0.3 is 20.1 Å². The van der Waals surface area contributed by atoms with E-state index in [9.17, 15) is 14.4 Å². The lowest BCUT2D eigenvalue weighted by Crippen LogP contribution is -2.46. The van der Waals surface area contributed by atoms with Gasteiger partial charge in [0, 0.05) is 6.20 Å². The summed E-state index contributed by atoms with van der Waals surface area (Å²) < 4.78 is 10.1. The number of alkyl carbamates (subject to hydrolysis) is 1. The van der Waals surface area contributed by atoms with Gasteiger partial charge in [0.15, 0.2) is 11.8 Å². The highest BCUT2D eigenvalue weighted by Crippen LogP contribution is 2.17. The number of hydrogen-bond acceptors (Lipinski definition) is 6. The summed E-state index contributed by atoms with van der Waals surface area (Å²) in [5.74, 6) is -1.60. The number of esters is 1. The van der Waals surface area contributed by atoms with Crippen molar-refractivity contribution in [3.63, 3.8) is 0 Å². The Kier molecular flexibility index (Phi) is 8.42. The van der Waals surface area contributed by atoms with E-state index in [0.717, 1.165) is 5.56 Å². The molecule has 9 heteroatoms. The van der Waals surface area contributed by atoms with Crippen LogP contribution in [0.1, 0.15) is 19.4 Å². The lowest BCUT2D eigenvalue weighted by atomic mass is 10.1. The third-order valence-corrected chi connectivity index (χ3v) is 4.09. The summed E-state index contributed by atoms with van der Waals surface area (Å²) in [6.07, 6.45) is 0.726. The SMILES string of the molecule is CC(C)[C@H](NC(=O)OCc1ccccc1)C(=O)OCC(=O)Nc1cccnc1Cl. The predicted octanol–water partition coefficient (Wildman–Crippen LogP) is 3.17. The van der Waals surface area contributed by atoms with Crippen molar-refractivity contribution in [2.24, 2.45) is 5.92 Å². The fraction of sp³-hybridized carbons (Fsp3) is 0.300. The first-order valence-electron chi connectivity index (χ1n) is 8.91. The highest BCUT2D eigenvalue weighted by molar-refractivity contribution is 6.32. The number of nitrogens with zero attached hydrogens (tertiary/aromatic N) is 1. The van der Waals surface area contributed by atoms with E-state index in [-0.39, 0.29) is 17.7 Å². The van der Waals surface area contributed by atoms with Crippen LogP contribution in [0.25, 0.3) is 0 Å². The van der Waals surface area contributed by atoms with Crippen molar-refractivity contribution in [1.82, 2.24) is 10.3 Å². The van der Waals surface area contributed by atoms with Crippen molar-refractivity contribution >= 4 is 35.3 Å². The smallest absolute Gasteiger partial charge is 0.408 e. The Morgan fingerprint density at radius 2 is 1.79 bits per heavy atom. The van der Waals surface area contributed by atoms with E-state index in [1.165, 1.54) is 6.20 Å². The lowest BCUT2D eigenvalue weighted by molar-refractivity contribution is -0.150. The molecule has 154 valence electrons. The minimum atomic E-state index is -0.965. The standard InChI is InChI=1S/C20H22ClN3O5/c1-13(2)17(24-20(27)29-11-14-7-4-3-5-8-14)19(26)28-12-16(25)23-15-9-6-10-22-18(15)21/h3-10,13,17H,11-12H2,1-2H3,(H,23,25)(H,24,27)/t17-/m0/s1. The van der Waals surface area contributed by atoms with Gasteiger partial charge in [-0.3, -0.25) is 4.79 Å². The summed E-state index contributed by atoms with van der Waals surface area (Å²) in [6, 6.07) is 11.3. The molecule has 0 spiro atoms. The van der Waals surface area contributed by atoms with Crippen molar-refractivity contribution in [2.75, 3.05) is 11.9 Å². The molecule has 2 rings (SSSR count). The summed E-state index contributed by atoms with van der Waals surface area (Å²) in [4.78, 5) is 40.1. The maximum atomic E-state index is 12.3. The zero-order valence-electron chi connectivity index (χ0n) is 16.1. The summed E-state index contributed by atoms with van der Waals surface area (Å²) >= 11 is 5.86.